The third kappa shape index (κ3) is 3.98. The maximum Gasteiger partial charge on any atom is 0.323 e. The van der Waals surface area contributed by atoms with Crippen LogP contribution in [0, 0.1) is 11.8 Å². The van der Waals surface area contributed by atoms with Gasteiger partial charge in [-0.15, -0.1) is 0 Å². The topological polar surface area (TPSA) is 58.6 Å². The smallest absolute Gasteiger partial charge is 0.323 e. The van der Waals surface area contributed by atoms with Gasteiger partial charge in [0, 0.05) is 6.42 Å². The molecule has 2 saturated carbocycles. The molecule has 0 radical (unpaired) electrons. The van der Waals surface area contributed by atoms with Crippen molar-refractivity contribution < 1.29 is 14.6 Å². The van der Waals surface area contributed by atoms with Gasteiger partial charge in [-0.05, 0) is 56.9 Å². The van der Waals surface area contributed by atoms with Gasteiger partial charge in [-0.1, -0.05) is 20.8 Å². The van der Waals surface area contributed by atoms with E-state index in [2.05, 4.69) is 26.1 Å². The standard InChI is InChI=1S/C17H31NO3/c1-4-9-18-17(16(19)20)8-7-15(11-17)21-14-6-5-12(2)13(3)10-14/h12-15,18H,4-11H2,1-3H3,(H,19,20). The molecule has 122 valence electrons. The molecule has 0 aromatic carbocycles. The second-order valence-electron chi connectivity index (χ2n) is 7.20. The van der Waals surface area contributed by atoms with E-state index < -0.39 is 11.5 Å². The molecule has 0 spiro atoms. The average Bonchev–Trinajstić information content (AvgIpc) is 2.85. The molecule has 0 aromatic rings. The normalized spacial score (nSPS) is 40.3. The van der Waals surface area contributed by atoms with Crippen molar-refractivity contribution in [3.05, 3.63) is 0 Å². The van der Waals surface area contributed by atoms with Crippen molar-refractivity contribution in [2.24, 2.45) is 11.8 Å². The first kappa shape index (κ1) is 16.8. The Labute approximate surface area is 128 Å². The lowest BCUT2D eigenvalue weighted by atomic mass is 9.80. The SMILES string of the molecule is CCCNC1(C(=O)O)CCC(OC2CCC(C)C(C)C2)C1. The van der Waals surface area contributed by atoms with E-state index in [1.54, 1.807) is 0 Å². The molecule has 4 heteroatoms. The monoisotopic (exact) mass is 297 g/mol. The summed E-state index contributed by atoms with van der Waals surface area (Å²) in [5, 5.41) is 12.8. The Morgan fingerprint density at radius 1 is 1.24 bits per heavy atom. The molecule has 0 saturated heterocycles. The van der Waals surface area contributed by atoms with Crippen molar-refractivity contribution in [1.29, 1.82) is 0 Å². The number of carboxylic acid groups (broad SMARTS) is 1. The molecule has 0 bridgehead atoms. The number of hydrogen-bond acceptors (Lipinski definition) is 3. The summed E-state index contributed by atoms with van der Waals surface area (Å²) >= 11 is 0. The van der Waals surface area contributed by atoms with Crippen LogP contribution in [0.15, 0.2) is 0 Å². The van der Waals surface area contributed by atoms with Crippen LogP contribution in [0.1, 0.15) is 65.7 Å². The Bertz CT molecular complexity index is 360. The number of nitrogens with one attached hydrogen (secondary N) is 1. The highest BCUT2D eigenvalue weighted by Gasteiger charge is 2.46. The lowest BCUT2D eigenvalue weighted by Crippen LogP contribution is -2.50. The van der Waals surface area contributed by atoms with Gasteiger partial charge in [-0.3, -0.25) is 4.79 Å². The molecule has 0 amide bonds. The van der Waals surface area contributed by atoms with Gasteiger partial charge >= 0.3 is 5.97 Å². The fraction of sp³-hybridized carbons (Fsp3) is 0.941. The average molecular weight is 297 g/mol. The van der Waals surface area contributed by atoms with E-state index in [-0.39, 0.29) is 6.10 Å². The van der Waals surface area contributed by atoms with Gasteiger partial charge in [0.2, 0.25) is 0 Å². The summed E-state index contributed by atoms with van der Waals surface area (Å²) in [5.74, 6) is 0.790. The first-order valence-electron chi connectivity index (χ1n) is 8.60. The maximum absolute atomic E-state index is 11.6. The third-order valence-electron chi connectivity index (χ3n) is 5.53. The highest BCUT2D eigenvalue weighted by molar-refractivity contribution is 5.79. The van der Waals surface area contributed by atoms with Crippen molar-refractivity contribution in [3.8, 4) is 0 Å². The molecule has 0 aromatic heterocycles. The van der Waals surface area contributed by atoms with Crippen LogP contribution in [0.5, 0.6) is 0 Å². The minimum Gasteiger partial charge on any atom is -0.480 e. The zero-order valence-electron chi connectivity index (χ0n) is 13.7. The van der Waals surface area contributed by atoms with Crippen LogP contribution in [-0.4, -0.2) is 35.4 Å². The highest BCUT2D eigenvalue weighted by Crippen LogP contribution is 2.37. The van der Waals surface area contributed by atoms with E-state index in [1.807, 2.05) is 0 Å². The molecular formula is C17H31NO3. The van der Waals surface area contributed by atoms with Crippen LogP contribution in [0.4, 0.5) is 0 Å². The zero-order chi connectivity index (χ0) is 15.5. The van der Waals surface area contributed by atoms with Crippen molar-refractivity contribution in [2.45, 2.75) is 83.5 Å². The van der Waals surface area contributed by atoms with E-state index in [9.17, 15) is 9.90 Å². The van der Waals surface area contributed by atoms with Gasteiger partial charge in [0.15, 0.2) is 0 Å². The second kappa shape index (κ2) is 7.10. The number of rotatable bonds is 6. The number of carbonyl (C=O) groups is 1. The molecule has 5 atom stereocenters. The first-order chi connectivity index (χ1) is 9.97. The highest BCUT2D eigenvalue weighted by atomic mass is 16.5. The fourth-order valence-electron chi connectivity index (χ4n) is 3.80. The van der Waals surface area contributed by atoms with Gasteiger partial charge in [0.25, 0.3) is 0 Å². The minimum atomic E-state index is -0.756. The lowest BCUT2D eigenvalue weighted by molar-refractivity contribution is -0.145. The van der Waals surface area contributed by atoms with Crippen LogP contribution >= 0.6 is 0 Å². The zero-order valence-corrected chi connectivity index (χ0v) is 13.7. The number of hydrogen-bond donors (Lipinski definition) is 2. The van der Waals surface area contributed by atoms with E-state index in [0.29, 0.717) is 24.9 Å². The summed E-state index contributed by atoms with van der Waals surface area (Å²) in [6.45, 7) is 7.45. The summed E-state index contributed by atoms with van der Waals surface area (Å²) in [7, 11) is 0. The summed E-state index contributed by atoms with van der Waals surface area (Å²) < 4.78 is 6.25. The molecule has 4 nitrogen and oxygen atoms in total. The molecule has 2 fully saturated rings. The van der Waals surface area contributed by atoms with Crippen molar-refractivity contribution >= 4 is 5.97 Å². The van der Waals surface area contributed by atoms with Crippen molar-refractivity contribution in [1.82, 2.24) is 5.32 Å². The fourth-order valence-corrected chi connectivity index (χ4v) is 3.80. The Balaban J connectivity index is 1.87. The van der Waals surface area contributed by atoms with Gasteiger partial charge in [-0.25, -0.2) is 0 Å². The largest absolute Gasteiger partial charge is 0.480 e. The summed E-state index contributed by atoms with van der Waals surface area (Å²) in [6.07, 6.45) is 7.05. The summed E-state index contributed by atoms with van der Waals surface area (Å²) in [4.78, 5) is 11.6. The molecule has 5 unspecified atom stereocenters. The molecular weight excluding hydrogens is 266 g/mol. The maximum atomic E-state index is 11.6. The van der Waals surface area contributed by atoms with Gasteiger partial charge in [0.1, 0.15) is 5.54 Å². The second-order valence-corrected chi connectivity index (χ2v) is 7.20. The number of ether oxygens (including phenoxy) is 1. The van der Waals surface area contributed by atoms with Crippen LogP contribution in [0.2, 0.25) is 0 Å². The predicted octanol–water partition coefficient (Wildman–Crippen LogP) is 3.20. The number of carboxylic acids is 1. The van der Waals surface area contributed by atoms with Gasteiger partial charge in [0.05, 0.1) is 12.2 Å². The molecule has 0 heterocycles. The number of aliphatic carboxylic acids is 1. The lowest BCUT2D eigenvalue weighted by Gasteiger charge is -2.34. The van der Waals surface area contributed by atoms with E-state index >= 15 is 0 Å². The van der Waals surface area contributed by atoms with E-state index in [0.717, 1.165) is 38.1 Å². The Morgan fingerprint density at radius 2 is 2.00 bits per heavy atom. The Hall–Kier alpha value is -0.610. The van der Waals surface area contributed by atoms with E-state index in [4.69, 9.17) is 4.74 Å². The van der Waals surface area contributed by atoms with Crippen LogP contribution in [0.3, 0.4) is 0 Å². The molecule has 21 heavy (non-hydrogen) atoms. The molecule has 2 aliphatic rings. The summed E-state index contributed by atoms with van der Waals surface area (Å²) in [6, 6.07) is 0. The third-order valence-corrected chi connectivity index (χ3v) is 5.53. The van der Waals surface area contributed by atoms with Gasteiger partial charge < -0.3 is 15.2 Å². The molecule has 2 rings (SSSR count). The van der Waals surface area contributed by atoms with E-state index in [1.165, 1.54) is 6.42 Å². The van der Waals surface area contributed by atoms with Gasteiger partial charge in [-0.2, -0.15) is 0 Å². The summed E-state index contributed by atoms with van der Waals surface area (Å²) in [5.41, 5.74) is -0.756. The Kier molecular flexibility index (Phi) is 5.67. The molecule has 2 N–H and O–H groups in total. The molecule has 0 aliphatic heterocycles. The van der Waals surface area contributed by atoms with Crippen LogP contribution < -0.4 is 5.32 Å². The predicted molar refractivity (Wildman–Crippen MR) is 83.4 cm³/mol. The Morgan fingerprint density at radius 3 is 2.62 bits per heavy atom. The van der Waals surface area contributed by atoms with Crippen LogP contribution in [0.25, 0.3) is 0 Å². The minimum absolute atomic E-state index is 0.107. The van der Waals surface area contributed by atoms with Crippen molar-refractivity contribution in [3.63, 3.8) is 0 Å². The van der Waals surface area contributed by atoms with Crippen molar-refractivity contribution in [2.75, 3.05) is 6.54 Å². The molecule has 2 aliphatic carbocycles. The first-order valence-corrected chi connectivity index (χ1v) is 8.60. The van der Waals surface area contributed by atoms with Crippen LogP contribution in [-0.2, 0) is 9.53 Å². The quantitative estimate of drug-likeness (QED) is 0.790.